The van der Waals surface area contributed by atoms with Crippen LogP contribution in [0.15, 0.2) is 36.5 Å². The smallest absolute Gasteiger partial charge is 0.306 e. The molecule has 10 heteroatoms. The number of aliphatic hydroxyl groups is 4. The van der Waals surface area contributed by atoms with Gasteiger partial charge >= 0.3 is 11.9 Å². The largest absolute Gasteiger partial charge is 0.462 e. The van der Waals surface area contributed by atoms with Crippen molar-refractivity contribution in [3.8, 4) is 0 Å². The van der Waals surface area contributed by atoms with E-state index in [1.165, 1.54) is 83.5 Å². The second-order valence-corrected chi connectivity index (χ2v) is 15.1. The molecule has 0 aliphatic carbocycles. The first-order valence-electron chi connectivity index (χ1n) is 22.1. The van der Waals surface area contributed by atoms with Crippen molar-refractivity contribution in [1.82, 2.24) is 0 Å². The minimum atomic E-state index is -1.59. The average Bonchev–Trinajstić information content (AvgIpc) is 3.18. The van der Waals surface area contributed by atoms with Crippen LogP contribution in [0, 0.1) is 0 Å². The Labute approximate surface area is 334 Å². The first-order chi connectivity index (χ1) is 26.8. The molecule has 1 aliphatic rings. The van der Waals surface area contributed by atoms with Crippen LogP contribution in [0.3, 0.4) is 0 Å². The lowest BCUT2D eigenvalue weighted by atomic mass is 9.99. The zero-order valence-electron chi connectivity index (χ0n) is 34.7. The van der Waals surface area contributed by atoms with Gasteiger partial charge in [0, 0.05) is 12.8 Å². The van der Waals surface area contributed by atoms with Crippen LogP contribution in [-0.2, 0) is 28.5 Å². The maximum atomic E-state index is 12.8. The molecule has 0 radical (unpaired) electrons. The predicted molar refractivity (Wildman–Crippen MR) is 219 cm³/mol. The zero-order valence-corrected chi connectivity index (χ0v) is 34.7. The molecular weight excluding hydrogens is 700 g/mol. The Kier molecular flexibility index (Phi) is 33.6. The number of allylic oxidation sites excluding steroid dienone is 6. The molecule has 0 aromatic rings. The summed E-state index contributed by atoms with van der Waals surface area (Å²) < 4.78 is 22.1. The first-order valence-corrected chi connectivity index (χ1v) is 22.1. The van der Waals surface area contributed by atoms with Crippen LogP contribution in [0.5, 0.6) is 0 Å². The highest BCUT2D eigenvalue weighted by molar-refractivity contribution is 5.70. The van der Waals surface area contributed by atoms with E-state index < -0.39 is 49.4 Å². The maximum absolute atomic E-state index is 12.8. The number of aliphatic hydroxyl groups excluding tert-OH is 4. The van der Waals surface area contributed by atoms with Crippen molar-refractivity contribution in [2.45, 2.75) is 218 Å². The summed E-state index contributed by atoms with van der Waals surface area (Å²) in [5.74, 6) is -0.815. The van der Waals surface area contributed by atoms with E-state index >= 15 is 0 Å². The molecule has 0 bridgehead atoms. The molecule has 1 fully saturated rings. The summed E-state index contributed by atoms with van der Waals surface area (Å²) in [7, 11) is 0. The van der Waals surface area contributed by atoms with Crippen LogP contribution < -0.4 is 0 Å². The number of unbranched alkanes of at least 4 members (excludes halogenated alkanes) is 19. The third-order valence-corrected chi connectivity index (χ3v) is 10.0. The quantitative estimate of drug-likeness (QED) is 0.0275. The maximum Gasteiger partial charge on any atom is 0.306 e. The Morgan fingerprint density at radius 1 is 0.582 bits per heavy atom. The van der Waals surface area contributed by atoms with Crippen molar-refractivity contribution < 1.29 is 49.0 Å². The predicted octanol–water partition coefficient (Wildman–Crippen LogP) is 9.11. The monoisotopic (exact) mass is 781 g/mol. The van der Waals surface area contributed by atoms with Crippen molar-refractivity contribution in [3.63, 3.8) is 0 Å². The van der Waals surface area contributed by atoms with Crippen LogP contribution in [0.25, 0.3) is 0 Å². The molecule has 6 unspecified atom stereocenters. The van der Waals surface area contributed by atoms with Gasteiger partial charge in [0.15, 0.2) is 12.4 Å². The SMILES string of the molecule is CC/C=C\C/C=C\C/C=C\CCCCCCCCCC(=O)OC(COC(=O)CCCCCCCCCCCCCCC)COC1OC(CO)C(O)C(O)C1O. The molecule has 0 amide bonds. The lowest BCUT2D eigenvalue weighted by Crippen LogP contribution is -2.59. The number of carbonyl (C=O) groups excluding carboxylic acids is 2. The van der Waals surface area contributed by atoms with E-state index in [-0.39, 0.29) is 32.0 Å². The second-order valence-electron chi connectivity index (χ2n) is 15.1. The third-order valence-electron chi connectivity index (χ3n) is 10.0. The normalized spacial score (nSPS) is 20.9. The summed E-state index contributed by atoms with van der Waals surface area (Å²) in [6.07, 6.45) is 32.9. The fourth-order valence-electron chi connectivity index (χ4n) is 6.56. The van der Waals surface area contributed by atoms with Crippen molar-refractivity contribution in [1.29, 1.82) is 0 Å². The molecular formula is C45H80O10. The fourth-order valence-corrected chi connectivity index (χ4v) is 6.56. The molecule has 1 rings (SSSR count). The average molecular weight is 781 g/mol. The van der Waals surface area contributed by atoms with Crippen molar-refractivity contribution in [3.05, 3.63) is 36.5 Å². The standard InChI is InChI=1S/C45H80O10/c1-3-5-7-9-11-13-15-17-18-19-20-22-24-26-28-30-32-34-41(48)54-38(37-53-45-44(51)43(50)42(49)39(35-46)55-45)36-52-40(47)33-31-29-27-25-23-21-16-14-12-10-8-6-4-2/h5,7,11,13,17-18,38-39,42-46,49-51H,3-4,6,8-10,12,14-16,19-37H2,1-2H3/b7-5-,13-11-,18-17-. The van der Waals surface area contributed by atoms with Gasteiger partial charge in [-0.05, 0) is 44.9 Å². The van der Waals surface area contributed by atoms with E-state index in [1.807, 2.05) is 0 Å². The molecule has 1 saturated heterocycles. The number of carbonyl (C=O) groups is 2. The van der Waals surface area contributed by atoms with Crippen LogP contribution in [0.1, 0.15) is 181 Å². The Bertz CT molecular complexity index is 996. The minimum absolute atomic E-state index is 0.219. The van der Waals surface area contributed by atoms with E-state index in [9.17, 15) is 30.0 Å². The summed E-state index contributed by atoms with van der Waals surface area (Å²) in [5, 5.41) is 40.0. The molecule has 0 saturated carbocycles. The second kappa shape index (κ2) is 36.3. The Hall–Kier alpha value is -2.08. The van der Waals surface area contributed by atoms with Gasteiger partial charge in [-0.1, -0.05) is 159 Å². The molecule has 6 atom stereocenters. The summed E-state index contributed by atoms with van der Waals surface area (Å²) in [6, 6.07) is 0. The number of ether oxygens (including phenoxy) is 4. The van der Waals surface area contributed by atoms with Gasteiger partial charge in [-0.15, -0.1) is 0 Å². The molecule has 1 aliphatic heterocycles. The van der Waals surface area contributed by atoms with Gasteiger partial charge in [0.25, 0.3) is 0 Å². The number of rotatable bonds is 36. The lowest BCUT2D eigenvalue weighted by Gasteiger charge is -2.39. The van der Waals surface area contributed by atoms with E-state index in [2.05, 4.69) is 50.3 Å². The Balaban J connectivity index is 2.34. The van der Waals surface area contributed by atoms with Gasteiger partial charge in [0.05, 0.1) is 13.2 Å². The first kappa shape index (κ1) is 50.9. The van der Waals surface area contributed by atoms with Crippen LogP contribution in [0.2, 0.25) is 0 Å². The third kappa shape index (κ3) is 28.0. The van der Waals surface area contributed by atoms with Crippen molar-refractivity contribution >= 4 is 11.9 Å². The Morgan fingerprint density at radius 3 is 1.62 bits per heavy atom. The molecule has 0 aromatic heterocycles. The number of hydrogen-bond acceptors (Lipinski definition) is 10. The number of esters is 2. The van der Waals surface area contributed by atoms with Gasteiger partial charge in [0.1, 0.15) is 31.0 Å². The van der Waals surface area contributed by atoms with Crippen LogP contribution in [-0.4, -0.2) is 89.0 Å². The van der Waals surface area contributed by atoms with Crippen molar-refractivity contribution in [2.75, 3.05) is 19.8 Å². The molecule has 4 N–H and O–H groups in total. The van der Waals surface area contributed by atoms with Crippen molar-refractivity contribution in [2.24, 2.45) is 0 Å². The minimum Gasteiger partial charge on any atom is -0.462 e. The van der Waals surface area contributed by atoms with E-state index in [4.69, 9.17) is 18.9 Å². The van der Waals surface area contributed by atoms with Gasteiger partial charge in [-0.3, -0.25) is 9.59 Å². The Morgan fingerprint density at radius 2 is 1.07 bits per heavy atom. The van der Waals surface area contributed by atoms with Gasteiger partial charge in [0.2, 0.25) is 0 Å². The van der Waals surface area contributed by atoms with Crippen LogP contribution in [0.4, 0.5) is 0 Å². The number of hydrogen-bond donors (Lipinski definition) is 4. The van der Waals surface area contributed by atoms with Gasteiger partial charge in [-0.25, -0.2) is 0 Å². The highest BCUT2D eigenvalue weighted by Gasteiger charge is 2.44. The fraction of sp³-hybridized carbons (Fsp3) is 0.822. The highest BCUT2D eigenvalue weighted by Crippen LogP contribution is 2.22. The molecule has 0 aromatic carbocycles. The van der Waals surface area contributed by atoms with Gasteiger partial charge in [-0.2, -0.15) is 0 Å². The van der Waals surface area contributed by atoms with E-state index in [1.54, 1.807) is 0 Å². The zero-order chi connectivity index (χ0) is 40.2. The van der Waals surface area contributed by atoms with E-state index in [0.717, 1.165) is 64.2 Å². The summed E-state index contributed by atoms with van der Waals surface area (Å²) in [5.41, 5.74) is 0. The molecule has 10 nitrogen and oxygen atoms in total. The highest BCUT2D eigenvalue weighted by atomic mass is 16.7. The summed E-state index contributed by atoms with van der Waals surface area (Å²) >= 11 is 0. The molecule has 320 valence electrons. The van der Waals surface area contributed by atoms with Gasteiger partial charge < -0.3 is 39.4 Å². The topological polar surface area (TPSA) is 152 Å². The molecule has 1 heterocycles. The van der Waals surface area contributed by atoms with Crippen LogP contribution >= 0.6 is 0 Å². The summed E-state index contributed by atoms with van der Waals surface area (Å²) in [6.45, 7) is 3.30. The lowest BCUT2D eigenvalue weighted by molar-refractivity contribution is -0.305. The van der Waals surface area contributed by atoms with E-state index in [0.29, 0.717) is 6.42 Å². The summed E-state index contributed by atoms with van der Waals surface area (Å²) in [4.78, 5) is 25.3. The molecule has 0 spiro atoms. The molecule has 55 heavy (non-hydrogen) atoms.